The number of ketones is 1. The molecule has 0 aliphatic carbocycles. The van der Waals surface area contributed by atoms with Gasteiger partial charge in [0, 0.05) is 11.3 Å². The molecule has 3 aromatic carbocycles. The van der Waals surface area contributed by atoms with Crippen molar-refractivity contribution in [1.82, 2.24) is 0 Å². The van der Waals surface area contributed by atoms with Crippen molar-refractivity contribution in [2.24, 2.45) is 0 Å². The highest BCUT2D eigenvalue weighted by molar-refractivity contribution is 7.81. The zero-order chi connectivity index (χ0) is 24.7. The van der Waals surface area contributed by atoms with Gasteiger partial charge in [0.25, 0.3) is 0 Å². The van der Waals surface area contributed by atoms with E-state index in [0.29, 0.717) is 22.2 Å². The molecule has 1 unspecified atom stereocenters. The number of para-hydroxylation sites is 1. The quantitative estimate of drug-likeness (QED) is 0.271. The number of phenols is 1. The Hall–Kier alpha value is -3.95. The van der Waals surface area contributed by atoms with E-state index in [-0.39, 0.29) is 22.7 Å². The first kappa shape index (κ1) is 24.7. The molecule has 0 aromatic heterocycles. The van der Waals surface area contributed by atoms with Gasteiger partial charge >= 0.3 is 6.03 Å². The fourth-order valence-electron chi connectivity index (χ4n) is 3.09. The molecular weight excluding hydrogens is 456 g/mol. The summed E-state index contributed by atoms with van der Waals surface area (Å²) in [6.07, 6.45) is 2.76. The lowest BCUT2D eigenvalue weighted by atomic mass is 10.1. The van der Waals surface area contributed by atoms with Crippen LogP contribution in [0.3, 0.4) is 0 Å². The number of benzene rings is 3. The van der Waals surface area contributed by atoms with Gasteiger partial charge in [0.2, 0.25) is 0 Å². The average molecular weight is 480 g/mol. The minimum Gasteiger partial charge on any atom is -0.755 e. The molecule has 0 bridgehead atoms. The first-order valence-corrected chi connectivity index (χ1v) is 11.4. The maximum Gasteiger partial charge on any atom is 0.337 e. The standard InChI is InChI=1S/C25H24N2O6S/c1-3-33-24-16-18(11-15-23(24)29)10-14-22(28)20-6-4-5-7-21(20)27(34(31)32)25(30)26-19-12-8-17(2)9-13-19/h4-16,29H,3H2,1-2H3,(H,26,30)(H,31,32)/p-1/b14-10+. The maximum absolute atomic E-state index is 12.9. The van der Waals surface area contributed by atoms with Crippen LogP contribution in [0.2, 0.25) is 0 Å². The van der Waals surface area contributed by atoms with E-state index in [1.807, 2.05) is 6.92 Å². The fourth-order valence-corrected chi connectivity index (χ4v) is 3.60. The Labute approximate surface area is 199 Å². The largest absolute Gasteiger partial charge is 0.755 e. The highest BCUT2D eigenvalue weighted by atomic mass is 32.2. The molecule has 176 valence electrons. The normalized spacial score (nSPS) is 11.7. The number of hydrogen-bond acceptors (Lipinski definition) is 6. The van der Waals surface area contributed by atoms with E-state index in [0.717, 1.165) is 5.56 Å². The second-order valence-corrected chi connectivity index (χ2v) is 7.98. The highest BCUT2D eigenvalue weighted by Crippen LogP contribution is 2.28. The number of allylic oxidation sites excluding steroid dienone is 1. The average Bonchev–Trinajstić information content (AvgIpc) is 2.81. The lowest BCUT2D eigenvalue weighted by molar-refractivity contribution is 0.104. The molecule has 3 rings (SSSR count). The Kier molecular flexibility index (Phi) is 8.18. The number of nitrogens with zero attached hydrogens (tertiary/aromatic N) is 1. The molecule has 0 saturated carbocycles. The van der Waals surface area contributed by atoms with E-state index < -0.39 is 23.1 Å². The summed E-state index contributed by atoms with van der Waals surface area (Å²) in [7, 11) is 0. The van der Waals surface area contributed by atoms with Crippen molar-refractivity contribution >= 4 is 40.5 Å². The molecule has 3 aromatic rings. The second kappa shape index (κ2) is 11.3. The number of amides is 2. The fraction of sp³-hybridized carbons (Fsp3) is 0.120. The van der Waals surface area contributed by atoms with Crippen molar-refractivity contribution in [2.45, 2.75) is 13.8 Å². The Morgan fingerprint density at radius 1 is 1.12 bits per heavy atom. The number of aryl methyl sites for hydroxylation is 1. The van der Waals surface area contributed by atoms with E-state index in [1.165, 1.54) is 36.4 Å². The van der Waals surface area contributed by atoms with Gasteiger partial charge in [0.15, 0.2) is 17.3 Å². The van der Waals surface area contributed by atoms with E-state index in [9.17, 15) is 23.5 Å². The smallest absolute Gasteiger partial charge is 0.337 e. The van der Waals surface area contributed by atoms with Gasteiger partial charge in [-0.15, -0.1) is 0 Å². The van der Waals surface area contributed by atoms with Crippen LogP contribution in [0.15, 0.2) is 72.8 Å². The molecule has 0 spiro atoms. The zero-order valence-electron chi connectivity index (χ0n) is 18.6. The molecule has 0 saturated heterocycles. The maximum atomic E-state index is 12.9. The Morgan fingerprint density at radius 3 is 2.50 bits per heavy atom. The van der Waals surface area contributed by atoms with Crippen LogP contribution in [0.5, 0.6) is 11.5 Å². The second-order valence-electron chi connectivity index (χ2n) is 7.18. The van der Waals surface area contributed by atoms with Crippen LogP contribution < -0.4 is 14.4 Å². The molecule has 34 heavy (non-hydrogen) atoms. The van der Waals surface area contributed by atoms with Gasteiger partial charge < -0.3 is 19.7 Å². The van der Waals surface area contributed by atoms with Crippen LogP contribution in [0.25, 0.3) is 6.08 Å². The Balaban J connectivity index is 1.88. The summed E-state index contributed by atoms with van der Waals surface area (Å²) in [6, 6.07) is 16.4. The number of phenolic OH excluding ortho intramolecular Hbond substituents is 1. The van der Waals surface area contributed by atoms with Crippen LogP contribution in [0.4, 0.5) is 16.2 Å². The number of hydrogen-bond donors (Lipinski definition) is 2. The van der Waals surface area contributed by atoms with Crippen molar-refractivity contribution in [1.29, 1.82) is 0 Å². The lowest BCUT2D eigenvalue weighted by Crippen LogP contribution is -2.37. The summed E-state index contributed by atoms with van der Waals surface area (Å²) in [4.78, 5) is 25.7. The van der Waals surface area contributed by atoms with E-state index in [2.05, 4.69) is 5.32 Å². The monoisotopic (exact) mass is 479 g/mol. The molecule has 9 heteroatoms. The van der Waals surface area contributed by atoms with E-state index >= 15 is 0 Å². The van der Waals surface area contributed by atoms with Gasteiger partial charge in [-0.1, -0.05) is 42.0 Å². The first-order valence-electron chi connectivity index (χ1n) is 10.3. The summed E-state index contributed by atoms with van der Waals surface area (Å²) in [5.74, 6) is -0.262. The predicted octanol–water partition coefficient (Wildman–Crippen LogP) is 4.83. The molecule has 1 atom stereocenters. The van der Waals surface area contributed by atoms with Gasteiger partial charge in [-0.25, -0.2) is 9.10 Å². The first-order chi connectivity index (χ1) is 16.3. The van der Waals surface area contributed by atoms with Gasteiger partial charge in [-0.2, -0.15) is 0 Å². The van der Waals surface area contributed by atoms with Crippen LogP contribution in [0, 0.1) is 6.92 Å². The minimum absolute atomic E-state index is 0.0193. The van der Waals surface area contributed by atoms with Crippen LogP contribution in [0.1, 0.15) is 28.4 Å². The molecule has 2 N–H and O–H groups in total. The number of anilines is 2. The molecule has 0 heterocycles. The molecule has 0 aliphatic heterocycles. The lowest BCUT2D eigenvalue weighted by Gasteiger charge is -2.26. The van der Waals surface area contributed by atoms with Crippen molar-refractivity contribution < 1.29 is 28.2 Å². The Morgan fingerprint density at radius 2 is 1.82 bits per heavy atom. The number of aromatic hydroxyl groups is 1. The van der Waals surface area contributed by atoms with Gasteiger partial charge in [0.1, 0.15) is 0 Å². The highest BCUT2D eigenvalue weighted by Gasteiger charge is 2.22. The Bertz CT molecular complexity index is 1240. The summed E-state index contributed by atoms with van der Waals surface area (Å²) in [5.41, 5.74) is 1.91. The van der Waals surface area contributed by atoms with Gasteiger partial charge in [0.05, 0.1) is 23.6 Å². The topological polar surface area (TPSA) is 119 Å². The third-order valence-corrected chi connectivity index (χ3v) is 5.40. The molecule has 0 aliphatic rings. The number of rotatable bonds is 8. The zero-order valence-corrected chi connectivity index (χ0v) is 19.4. The number of urea groups is 1. The number of carbonyl (C=O) groups is 2. The SMILES string of the molecule is CCOc1cc(/C=C/C(=O)c2ccccc2N(C(=O)Nc2ccc(C)cc2)S(=O)[O-])ccc1O. The van der Waals surface area contributed by atoms with Crippen molar-refractivity contribution in [2.75, 3.05) is 16.2 Å². The molecule has 2 amide bonds. The summed E-state index contributed by atoms with van der Waals surface area (Å²) in [5, 5.41) is 12.3. The van der Waals surface area contributed by atoms with Crippen molar-refractivity contribution in [3.05, 3.63) is 89.5 Å². The predicted molar refractivity (Wildman–Crippen MR) is 131 cm³/mol. The summed E-state index contributed by atoms with van der Waals surface area (Å²) < 4.78 is 29.8. The summed E-state index contributed by atoms with van der Waals surface area (Å²) >= 11 is -2.99. The third kappa shape index (κ3) is 6.09. The van der Waals surface area contributed by atoms with E-state index in [4.69, 9.17) is 4.74 Å². The summed E-state index contributed by atoms with van der Waals surface area (Å²) in [6.45, 7) is 4.03. The van der Waals surface area contributed by atoms with Crippen molar-refractivity contribution in [3.8, 4) is 11.5 Å². The number of ether oxygens (including phenoxy) is 1. The van der Waals surface area contributed by atoms with Crippen LogP contribution >= 0.6 is 0 Å². The number of nitrogens with one attached hydrogen (secondary N) is 1. The van der Waals surface area contributed by atoms with Gasteiger partial charge in [-0.05, 0) is 61.9 Å². The van der Waals surface area contributed by atoms with Crippen molar-refractivity contribution in [3.63, 3.8) is 0 Å². The molecular formula is C25H23N2O6S-. The van der Waals surface area contributed by atoms with Gasteiger partial charge in [-0.3, -0.25) is 9.00 Å². The third-order valence-electron chi connectivity index (χ3n) is 4.74. The molecule has 0 radical (unpaired) electrons. The van der Waals surface area contributed by atoms with Crippen LogP contribution in [-0.2, 0) is 11.3 Å². The number of carbonyl (C=O) groups excluding carboxylic acids is 2. The minimum atomic E-state index is -2.99. The van der Waals surface area contributed by atoms with Crippen LogP contribution in [-0.4, -0.2) is 32.3 Å². The molecule has 0 fully saturated rings. The molecule has 8 nitrogen and oxygen atoms in total. The van der Waals surface area contributed by atoms with E-state index in [1.54, 1.807) is 49.4 Å².